The zero-order chi connectivity index (χ0) is 12.3. The molecule has 0 aliphatic rings. The largest absolute Gasteiger partial charge is 0.299 e. The Kier molecular flexibility index (Phi) is 3.52. The second-order valence-corrected chi connectivity index (χ2v) is 4.42. The maximum Gasteiger partial charge on any atom is 0.135 e. The lowest BCUT2D eigenvalue weighted by Crippen LogP contribution is -2.12. The number of carbonyl (C=O) groups is 1. The standard InChI is InChI=1S/C15H17NO/c1-3-14(17)11(2)10-13-7-4-6-12-8-5-9-16-15(12)13/h4-9,11H,3,10H2,1-2H3. The molecule has 0 fully saturated rings. The van der Waals surface area contributed by atoms with Crippen LogP contribution in [0.5, 0.6) is 0 Å². The number of pyridine rings is 1. The van der Waals surface area contributed by atoms with Gasteiger partial charge in [0.1, 0.15) is 5.78 Å². The first-order chi connectivity index (χ1) is 8.22. The second-order valence-electron chi connectivity index (χ2n) is 4.42. The third-order valence-electron chi connectivity index (χ3n) is 3.14. The van der Waals surface area contributed by atoms with Crippen molar-refractivity contribution in [1.29, 1.82) is 0 Å². The van der Waals surface area contributed by atoms with E-state index in [1.165, 1.54) is 0 Å². The van der Waals surface area contributed by atoms with Gasteiger partial charge in [-0.3, -0.25) is 9.78 Å². The molecule has 0 spiro atoms. The summed E-state index contributed by atoms with van der Waals surface area (Å²) < 4.78 is 0. The van der Waals surface area contributed by atoms with Gasteiger partial charge in [-0.15, -0.1) is 0 Å². The lowest BCUT2D eigenvalue weighted by atomic mass is 9.94. The number of ketones is 1. The predicted octanol–water partition coefficient (Wildman–Crippen LogP) is 3.39. The predicted molar refractivity (Wildman–Crippen MR) is 69.9 cm³/mol. The van der Waals surface area contributed by atoms with Gasteiger partial charge in [0.05, 0.1) is 5.52 Å². The van der Waals surface area contributed by atoms with E-state index in [0.29, 0.717) is 12.2 Å². The van der Waals surface area contributed by atoms with Crippen molar-refractivity contribution in [3.8, 4) is 0 Å². The quantitative estimate of drug-likeness (QED) is 0.801. The number of para-hydroxylation sites is 1. The molecule has 2 nitrogen and oxygen atoms in total. The summed E-state index contributed by atoms with van der Waals surface area (Å²) in [5.41, 5.74) is 2.18. The molecule has 1 atom stereocenters. The second kappa shape index (κ2) is 5.09. The molecule has 0 aliphatic carbocycles. The Morgan fingerprint density at radius 3 is 2.82 bits per heavy atom. The van der Waals surface area contributed by atoms with Crippen molar-refractivity contribution in [2.24, 2.45) is 5.92 Å². The number of nitrogens with zero attached hydrogens (tertiary/aromatic N) is 1. The van der Waals surface area contributed by atoms with Gasteiger partial charge in [-0.05, 0) is 18.1 Å². The van der Waals surface area contributed by atoms with Crippen LogP contribution in [0.4, 0.5) is 0 Å². The first-order valence-corrected chi connectivity index (χ1v) is 6.07. The minimum atomic E-state index is 0.0765. The van der Waals surface area contributed by atoms with Gasteiger partial charge in [0.15, 0.2) is 0 Å². The third kappa shape index (κ3) is 2.52. The van der Waals surface area contributed by atoms with Gasteiger partial charge in [0.2, 0.25) is 0 Å². The number of Topliss-reactive ketones (excluding diaryl/α,β-unsaturated/α-hetero) is 1. The van der Waals surface area contributed by atoms with Crippen molar-refractivity contribution in [3.05, 3.63) is 42.1 Å². The highest BCUT2D eigenvalue weighted by atomic mass is 16.1. The SMILES string of the molecule is CCC(=O)C(C)Cc1cccc2cccnc12. The monoisotopic (exact) mass is 227 g/mol. The van der Waals surface area contributed by atoms with Gasteiger partial charge in [-0.2, -0.15) is 0 Å². The molecule has 0 bridgehead atoms. The number of rotatable bonds is 4. The van der Waals surface area contributed by atoms with Crippen LogP contribution in [0.1, 0.15) is 25.8 Å². The molecule has 0 saturated heterocycles. The highest BCUT2D eigenvalue weighted by Crippen LogP contribution is 2.19. The fourth-order valence-electron chi connectivity index (χ4n) is 2.12. The molecule has 1 aromatic heterocycles. The average molecular weight is 227 g/mol. The molecule has 0 amide bonds. The maximum atomic E-state index is 11.6. The molecule has 1 unspecified atom stereocenters. The zero-order valence-corrected chi connectivity index (χ0v) is 10.3. The molecule has 88 valence electrons. The lowest BCUT2D eigenvalue weighted by molar-refractivity contribution is -0.122. The molecule has 1 heterocycles. The Morgan fingerprint density at radius 1 is 1.29 bits per heavy atom. The Bertz CT molecular complexity index is 528. The van der Waals surface area contributed by atoms with E-state index in [1.54, 1.807) is 6.20 Å². The molecule has 2 heteroatoms. The molecule has 17 heavy (non-hydrogen) atoms. The van der Waals surface area contributed by atoms with Crippen LogP contribution in [-0.2, 0) is 11.2 Å². The van der Waals surface area contributed by atoms with Crippen molar-refractivity contribution in [2.45, 2.75) is 26.7 Å². The summed E-state index contributed by atoms with van der Waals surface area (Å²) in [6, 6.07) is 10.1. The van der Waals surface area contributed by atoms with E-state index in [2.05, 4.69) is 23.2 Å². The first-order valence-electron chi connectivity index (χ1n) is 6.07. The van der Waals surface area contributed by atoms with E-state index in [9.17, 15) is 4.79 Å². The molecular weight excluding hydrogens is 210 g/mol. The molecule has 2 rings (SSSR count). The van der Waals surface area contributed by atoms with Crippen molar-refractivity contribution in [2.75, 3.05) is 0 Å². The minimum Gasteiger partial charge on any atom is -0.299 e. The molecule has 1 aromatic carbocycles. The summed E-state index contributed by atoms with van der Waals surface area (Å²) in [5.74, 6) is 0.394. The summed E-state index contributed by atoms with van der Waals surface area (Å²) in [6.45, 7) is 3.91. The molecule has 0 N–H and O–H groups in total. The summed E-state index contributed by atoms with van der Waals surface area (Å²) in [6.07, 6.45) is 3.19. The van der Waals surface area contributed by atoms with E-state index in [1.807, 2.05) is 26.0 Å². The van der Waals surface area contributed by atoms with Gasteiger partial charge in [-0.1, -0.05) is 38.1 Å². The van der Waals surface area contributed by atoms with Gasteiger partial charge >= 0.3 is 0 Å². The number of benzene rings is 1. The molecule has 0 aliphatic heterocycles. The number of aromatic nitrogens is 1. The van der Waals surface area contributed by atoms with Crippen LogP contribution in [0.2, 0.25) is 0 Å². The molecular formula is C15H17NO. The van der Waals surface area contributed by atoms with Crippen LogP contribution >= 0.6 is 0 Å². The van der Waals surface area contributed by atoms with Gasteiger partial charge < -0.3 is 0 Å². The van der Waals surface area contributed by atoms with E-state index in [-0.39, 0.29) is 5.92 Å². The maximum absolute atomic E-state index is 11.6. The summed E-state index contributed by atoms with van der Waals surface area (Å²) in [4.78, 5) is 16.0. The highest BCUT2D eigenvalue weighted by Gasteiger charge is 2.13. The minimum absolute atomic E-state index is 0.0765. The molecule has 0 saturated carbocycles. The summed E-state index contributed by atoms with van der Waals surface area (Å²) in [5, 5.41) is 1.14. The van der Waals surface area contributed by atoms with E-state index in [4.69, 9.17) is 0 Å². The van der Waals surface area contributed by atoms with Gasteiger partial charge in [-0.25, -0.2) is 0 Å². The van der Waals surface area contributed by atoms with E-state index in [0.717, 1.165) is 22.9 Å². The van der Waals surface area contributed by atoms with Crippen LogP contribution in [0.25, 0.3) is 10.9 Å². The van der Waals surface area contributed by atoms with E-state index < -0.39 is 0 Å². The van der Waals surface area contributed by atoms with Crippen LogP contribution in [0.3, 0.4) is 0 Å². The fraction of sp³-hybridized carbons (Fsp3) is 0.333. The number of fused-ring (bicyclic) bond motifs is 1. The number of hydrogen-bond acceptors (Lipinski definition) is 2. The lowest BCUT2D eigenvalue weighted by Gasteiger charge is -2.10. The highest BCUT2D eigenvalue weighted by molar-refractivity contribution is 5.84. The van der Waals surface area contributed by atoms with Crippen LogP contribution in [0, 0.1) is 5.92 Å². The number of carbonyl (C=O) groups excluding carboxylic acids is 1. The first kappa shape index (κ1) is 11.8. The van der Waals surface area contributed by atoms with Crippen molar-refractivity contribution >= 4 is 16.7 Å². The third-order valence-corrected chi connectivity index (χ3v) is 3.14. The smallest absolute Gasteiger partial charge is 0.135 e. The number of hydrogen-bond donors (Lipinski definition) is 0. The molecule has 2 aromatic rings. The zero-order valence-electron chi connectivity index (χ0n) is 10.3. The molecule has 0 radical (unpaired) electrons. The normalized spacial score (nSPS) is 12.6. The Balaban J connectivity index is 2.33. The fourth-order valence-corrected chi connectivity index (χ4v) is 2.12. The average Bonchev–Trinajstić information content (AvgIpc) is 2.38. The van der Waals surface area contributed by atoms with Crippen molar-refractivity contribution in [3.63, 3.8) is 0 Å². The van der Waals surface area contributed by atoms with Crippen LogP contribution in [0.15, 0.2) is 36.5 Å². The van der Waals surface area contributed by atoms with E-state index >= 15 is 0 Å². The van der Waals surface area contributed by atoms with Crippen molar-refractivity contribution in [1.82, 2.24) is 4.98 Å². The Labute approximate surface area is 102 Å². The summed E-state index contributed by atoms with van der Waals surface area (Å²) >= 11 is 0. The van der Waals surface area contributed by atoms with Gasteiger partial charge in [0, 0.05) is 23.9 Å². The van der Waals surface area contributed by atoms with Crippen molar-refractivity contribution < 1.29 is 4.79 Å². The van der Waals surface area contributed by atoms with Gasteiger partial charge in [0.25, 0.3) is 0 Å². The Hall–Kier alpha value is -1.70. The van der Waals surface area contributed by atoms with Crippen LogP contribution in [-0.4, -0.2) is 10.8 Å². The summed E-state index contributed by atoms with van der Waals surface area (Å²) in [7, 11) is 0. The Morgan fingerprint density at radius 2 is 2.06 bits per heavy atom. The van der Waals surface area contributed by atoms with Crippen LogP contribution < -0.4 is 0 Å². The topological polar surface area (TPSA) is 30.0 Å².